The standard InChI is InChI=1S/C23H24N2O3S/c1-17-9-7-8-10-20(17)16-24-23(26)19-14-13-18(2)22(15-19)25(3)29(27,28)21-11-5-4-6-12-21/h4-15H,16H2,1-3H3,(H,24,26). The molecule has 0 fully saturated rings. The number of hydrogen-bond acceptors (Lipinski definition) is 3. The van der Waals surface area contributed by atoms with E-state index < -0.39 is 10.0 Å². The van der Waals surface area contributed by atoms with Crippen LogP contribution in [0, 0.1) is 13.8 Å². The minimum atomic E-state index is -3.72. The van der Waals surface area contributed by atoms with Gasteiger partial charge in [0.25, 0.3) is 15.9 Å². The third-order valence-electron chi connectivity index (χ3n) is 4.91. The summed E-state index contributed by atoms with van der Waals surface area (Å²) in [5.41, 5.74) is 3.79. The Morgan fingerprint density at radius 2 is 1.55 bits per heavy atom. The van der Waals surface area contributed by atoms with Crippen molar-refractivity contribution >= 4 is 21.6 Å². The monoisotopic (exact) mass is 408 g/mol. The molecule has 3 aromatic rings. The fourth-order valence-corrected chi connectivity index (χ4v) is 4.33. The van der Waals surface area contributed by atoms with E-state index in [0.29, 0.717) is 17.8 Å². The molecule has 0 bridgehead atoms. The lowest BCUT2D eigenvalue weighted by atomic mass is 10.1. The first-order valence-electron chi connectivity index (χ1n) is 9.28. The smallest absolute Gasteiger partial charge is 0.264 e. The van der Waals surface area contributed by atoms with Crippen LogP contribution >= 0.6 is 0 Å². The SMILES string of the molecule is Cc1ccccc1CNC(=O)c1ccc(C)c(N(C)S(=O)(=O)c2ccccc2)c1. The number of carbonyl (C=O) groups is 1. The van der Waals surface area contributed by atoms with Crippen LogP contribution in [-0.2, 0) is 16.6 Å². The topological polar surface area (TPSA) is 66.5 Å². The Hall–Kier alpha value is -3.12. The number of nitrogens with one attached hydrogen (secondary N) is 1. The van der Waals surface area contributed by atoms with Crippen molar-refractivity contribution in [2.24, 2.45) is 0 Å². The van der Waals surface area contributed by atoms with E-state index in [1.807, 2.05) is 38.1 Å². The Morgan fingerprint density at radius 3 is 2.24 bits per heavy atom. The first kappa shape index (κ1) is 20.6. The summed E-state index contributed by atoms with van der Waals surface area (Å²) in [5, 5.41) is 2.91. The minimum Gasteiger partial charge on any atom is -0.348 e. The lowest BCUT2D eigenvalue weighted by Gasteiger charge is -2.22. The van der Waals surface area contributed by atoms with Gasteiger partial charge in [-0.1, -0.05) is 48.5 Å². The number of anilines is 1. The summed E-state index contributed by atoms with van der Waals surface area (Å²) in [6, 6.07) is 21.2. The molecular formula is C23H24N2O3S. The highest BCUT2D eigenvalue weighted by Gasteiger charge is 2.23. The first-order valence-corrected chi connectivity index (χ1v) is 10.7. The number of benzene rings is 3. The molecule has 0 aliphatic carbocycles. The Kier molecular flexibility index (Phi) is 6.03. The van der Waals surface area contributed by atoms with Crippen LogP contribution in [0.4, 0.5) is 5.69 Å². The maximum Gasteiger partial charge on any atom is 0.264 e. The van der Waals surface area contributed by atoms with Gasteiger partial charge >= 0.3 is 0 Å². The van der Waals surface area contributed by atoms with E-state index in [1.165, 1.54) is 11.4 Å². The molecular weight excluding hydrogens is 384 g/mol. The Balaban J connectivity index is 1.84. The molecule has 0 aliphatic rings. The summed E-state index contributed by atoms with van der Waals surface area (Å²) < 4.78 is 27.1. The van der Waals surface area contributed by atoms with Crippen LogP contribution in [0.15, 0.2) is 77.7 Å². The predicted molar refractivity (Wildman–Crippen MR) is 116 cm³/mol. The van der Waals surface area contributed by atoms with E-state index in [9.17, 15) is 13.2 Å². The average molecular weight is 409 g/mol. The van der Waals surface area contributed by atoms with Gasteiger partial charge in [-0.15, -0.1) is 0 Å². The van der Waals surface area contributed by atoms with Crippen molar-refractivity contribution in [2.45, 2.75) is 25.3 Å². The number of amides is 1. The molecule has 0 radical (unpaired) electrons. The third-order valence-corrected chi connectivity index (χ3v) is 6.70. The van der Waals surface area contributed by atoms with Gasteiger partial charge in [0.1, 0.15) is 0 Å². The molecule has 6 heteroatoms. The number of nitrogens with zero attached hydrogens (tertiary/aromatic N) is 1. The average Bonchev–Trinajstić information content (AvgIpc) is 2.73. The van der Waals surface area contributed by atoms with Crippen LogP contribution in [0.2, 0.25) is 0 Å². The fourth-order valence-electron chi connectivity index (χ4n) is 3.06. The molecule has 0 atom stereocenters. The zero-order valence-electron chi connectivity index (χ0n) is 16.7. The van der Waals surface area contributed by atoms with Crippen molar-refractivity contribution in [2.75, 3.05) is 11.4 Å². The minimum absolute atomic E-state index is 0.205. The number of sulfonamides is 1. The van der Waals surface area contributed by atoms with Gasteiger partial charge in [0.05, 0.1) is 10.6 Å². The molecule has 5 nitrogen and oxygen atoms in total. The second-order valence-electron chi connectivity index (χ2n) is 6.90. The van der Waals surface area contributed by atoms with E-state index in [4.69, 9.17) is 0 Å². The van der Waals surface area contributed by atoms with Gasteiger partial charge in [-0.3, -0.25) is 9.10 Å². The number of aryl methyl sites for hydroxylation is 2. The molecule has 29 heavy (non-hydrogen) atoms. The molecule has 150 valence electrons. The zero-order valence-corrected chi connectivity index (χ0v) is 17.5. The summed E-state index contributed by atoms with van der Waals surface area (Å²) in [6.45, 7) is 4.23. The lowest BCUT2D eigenvalue weighted by molar-refractivity contribution is 0.0951. The van der Waals surface area contributed by atoms with E-state index in [2.05, 4.69) is 5.32 Å². The van der Waals surface area contributed by atoms with Crippen LogP contribution in [0.25, 0.3) is 0 Å². The lowest BCUT2D eigenvalue weighted by Crippen LogP contribution is -2.28. The van der Waals surface area contributed by atoms with Gasteiger partial charge in [0.15, 0.2) is 0 Å². The molecule has 0 aliphatic heterocycles. The molecule has 0 saturated heterocycles. The molecule has 0 spiro atoms. The van der Waals surface area contributed by atoms with Crippen LogP contribution in [0.3, 0.4) is 0 Å². The molecule has 3 rings (SSSR count). The van der Waals surface area contributed by atoms with Crippen molar-refractivity contribution in [1.82, 2.24) is 5.32 Å². The van der Waals surface area contributed by atoms with Crippen molar-refractivity contribution in [3.8, 4) is 0 Å². The highest BCUT2D eigenvalue weighted by molar-refractivity contribution is 7.92. The summed E-state index contributed by atoms with van der Waals surface area (Å²) in [5.74, 6) is -0.250. The summed E-state index contributed by atoms with van der Waals surface area (Å²) in [7, 11) is -2.22. The van der Waals surface area contributed by atoms with Crippen molar-refractivity contribution < 1.29 is 13.2 Å². The van der Waals surface area contributed by atoms with E-state index in [0.717, 1.165) is 16.7 Å². The van der Waals surface area contributed by atoms with Crippen LogP contribution in [0.5, 0.6) is 0 Å². The Labute approximate surface area is 172 Å². The van der Waals surface area contributed by atoms with Crippen molar-refractivity contribution in [3.63, 3.8) is 0 Å². The highest BCUT2D eigenvalue weighted by Crippen LogP contribution is 2.26. The van der Waals surface area contributed by atoms with E-state index in [-0.39, 0.29) is 10.8 Å². The maximum absolute atomic E-state index is 12.9. The van der Waals surface area contributed by atoms with Crippen molar-refractivity contribution in [1.29, 1.82) is 0 Å². The van der Waals surface area contributed by atoms with Gasteiger partial charge in [-0.05, 0) is 54.8 Å². The predicted octanol–water partition coefficient (Wildman–Crippen LogP) is 4.06. The normalized spacial score (nSPS) is 11.1. The van der Waals surface area contributed by atoms with Crippen LogP contribution < -0.4 is 9.62 Å². The van der Waals surface area contributed by atoms with E-state index >= 15 is 0 Å². The molecule has 3 aromatic carbocycles. The quantitative estimate of drug-likeness (QED) is 0.669. The molecule has 1 N–H and O–H groups in total. The van der Waals surface area contributed by atoms with Gasteiger partial charge in [0.2, 0.25) is 0 Å². The molecule has 1 amide bonds. The number of rotatable bonds is 6. The third kappa shape index (κ3) is 4.49. The highest BCUT2D eigenvalue weighted by atomic mass is 32.2. The maximum atomic E-state index is 12.9. The largest absolute Gasteiger partial charge is 0.348 e. The summed E-state index contributed by atoms with van der Waals surface area (Å²) >= 11 is 0. The molecule has 0 aromatic heterocycles. The molecule has 0 unspecified atom stereocenters. The molecule has 0 heterocycles. The molecule has 0 saturated carbocycles. The Bertz CT molecular complexity index is 1130. The van der Waals surface area contributed by atoms with Gasteiger partial charge in [-0.2, -0.15) is 0 Å². The van der Waals surface area contributed by atoms with Crippen LogP contribution in [0.1, 0.15) is 27.0 Å². The number of hydrogen-bond donors (Lipinski definition) is 1. The first-order chi connectivity index (χ1) is 13.8. The van der Waals surface area contributed by atoms with Gasteiger partial charge in [0, 0.05) is 19.2 Å². The van der Waals surface area contributed by atoms with Gasteiger partial charge in [-0.25, -0.2) is 8.42 Å². The van der Waals surface area contributed by atoms with Crippen molar-refractivity contribution in [3.05, 3.63) is 95.1 Å². The number of carbonyl (C=O) groups excluding carboxylic acids is 1. The Morgan fingerprint density at radius 1 is 0.897 bits per heavy atom. The van der Waals surface area contributed by atoms with E-state index in [1.54, 1.807) is 48.5 Å². The second kappa shape index (κ2) is 8.49. The van der Waals surface area contributed by atoms with Gasteiger partial charge < -0.3 is 5.32 Å². The van der Waals surface area contributed by atoms with Crippen LogP contribution in [-0.4, -0.2) is 21.4 Å². The summed E-state index contributed by atoms with van der Waals surface area (Å²) in [6.07, 6.45) is 0. The summed E-state index contributed by atoms with van der Waals surface area (Å²) in [4.78, 5) is 12.9. The fraction of sp³-hybridized carbons (Fsp3) is 0.174. The second-order valence-corrected chi connectivity index (χ2v) is 8.87. The zero-order chi connectivity index (χ0) is 21.0.